The summed E-state index contributed by atoms with van der Waals surface area (Å²) < 4.78 is 0. The number of hydrogen-bond donors (Lipinski definition) is 2. The molecule has 0 aromatic heterocycles. The highest BCUT2D eigenvalue weighted by Gasteiger charge is 2.17. The number of nitrogens with one attached hydrogen (secondary N) is 2. The van der Waals surface area contributed by atoms with Gasteiger partial charge in [-0.25, -0.2) is 0 Å². The van der Waals surface area contributed by atoms with Crippen LogP contribution in [0.15, 0.2) is 18.2 Å². The minimum atomic E-state index is 0.104. The summed E-state index contributed by atoms with van der Waals surface area (Å²) in [6.45, 7) is 4.00. The molecular formula is C14H19ClN2O. The second kappa shape index (κ2) is 6.21. The quantitative estimate of drug-likeness (QED) is 0.883. The molecule has 1 aliphatic heterocycles. The van der Waals surface area contributed by atoms with Crippen molar-refractivity contribution in [2.75, 3.05) is 18.4 Å². The fourth-order valence-electron chi connectivity index (χ4n) is 2.32. The van der Waals surface area contributed by atoms with Crippen LogP contribution >= 0.6 is 11.6 Å². The zero-order valence-corrected chi connectivity index (χ0v) is 11.4. The van der Waals surface area contributed by atoms with Crippen molar-refractivity contribution in [1.29, 1.82) is 0 Å². The van der Waals surface area contributed by atoms with Gasteiger partial charge in [0.15, 0.2) is 0 Å². The maximum Gasteiger partial charge on any atom is 0.224 e. The molecule has 0 aliphatic carbocycles. The molecular weight excluding hydrogens is 248 g/mol. The Bertz CT molecular complexity index is 428. The van der Waals surface area contributed by atoms with Crippen molar-refractivity contribution in [3.8, 4) is 0 Å². The molecule has 0 atom stereocenters. The number of carbonyl (C=O) groups is 1. The molecule has 1 aliphatic rings. The molecule has 1 aromatic carbocycles. The van der Waals surface area contributed by atoms with Gasteiger partial charge in [0.25, 0.3) is 0 Å². The SMILES string of the molecule is Cc1cc(Cl)ccc1NC(=O)CC1CCNCC1. The van der Waals surface area contributed by atoms with Crippen LogP contribution in [-0.4, -0.2) is 19.0 Å². The van der Waals surface area contributed by atoms with Crippen LogP contribution in [0.4, 0.5) is 5.69 Å². The molecule has 18 heavy (non-hydrogen) atoms. The van der Waals surface area contributed by atoms with Gasteiger partial charge in [-0.1, -0.05) is 11.6 Å². The number of anilines is 1. The molecule has 0 radical (unpaired) electrons. The second-order valence-electron chi connectivity index (χ2n) is 4.90. The molecule has 4 heteroatoms. The van der Waals surface area contributed by atoms with Crippen molar-refractivity contribution < 1.29 is 4.79 Å². The second-order valence-corrected chi connectivity index (χ2v) is 5.34. The lowest BCUT2D eigenvalue weighted by molar-refractivity contribution is -0.117. The van der Waals surface area contributed by atoms with Gasteiger partial charge in [-0.3, -0.25) is 4.79 Å². The summed E-state index contributed by atoms with van der Waals surface area (Å²) in [6, 6.07) is 5.52. The van der Waals surface area contributed by atoms with Gasteiger partial charge in [0.1, 0.15) is 0 Å². The van der Waals surface area contributed by atoms with E-state index in [-0.39, 0.29) is 5.91 Å². The first-order chi connectivity index (χ1) is 8.65. The molecule has 1 amide bonds. The number of rotatable bonds is 3. The van der Waals surface area contributed by atoms with Crippen LogP contribution in [0.2, 0.25) is 5.02 Å². The Morgan fingerprint density at radius 2 is 2.17 bits per heavy atom. The van der Waals surface area contributed by atoms with E-state index >= 15 is 0 Å². The monoisotopic (exact) mass is 266 g/mol. The number of piperidine rings is 1. The summed E-state index contributed by atoms with van der Waals surface area (Å²) in [7, 11) is 0. The van der Waals surface area contributed by atoms with E-state index in [0.717, 1.165) is 37.2 Å². The highest BCUT2D eigenvalue weighted by Crippen LogP contribution is 2.21. The van der Waals surface area contributed by atoms with Crippen molar-refractivity contribution in [2.45, 2.75) is 26.2 Å². The van der Waals surface area contributed by atoms with E-state index in [0.29, 0.717) is 17.4 Å². The van der Waals surface area contributed by atoms with Gasteiger partial charge < -0.3 is 10.6 Å². The van der Waals surface area contributed by atoms with Crippen molar-refractivity contribution in [3.05, 3.63) is 28.8 Å². The van der Waals surface area contributed by atoms with E-state index in [1.165, 1.54) is 0 Å². The molecule has 1 fully saturated rings. The third-order valence-corrected chi connectivity index (χ3v) is 3.63. The van der Waals surface area contributed by atoms with E-state index in [2.05, 4.69) is 10.6 Å². The van der Waals surface area contributed by atoms with Crippen LogP contribution in [0.3, 0.4) is 0 Å². The standard InChI is InChI=1S/C14H19ClN2O/c1-10-8-12(15)2-3-13(10)17-14(18)9-11-4-6-16-7-5-11/h2-3,8,11,16H,4-7,9H2,1H3,(H,17,18). The number of benzene rings is 1. The van der Waals surface area contributed by atoms with Gasteiger partial charge in [0.2, 0.25) is 5.91 Å². The molecule has 0 spiro atoms. The normalized spacial score (nSPS) is 16.6. The summed E-state index contributed by atoms with van der Waals surface area (Å²) in [5.74, 6) is 0.617. The zero-order chi connectivity index (χ0) is 13.0. The topological polar surface area (TPSA) is 41.1 Å². The predicted octanol–water partition coefficient (Wildman–Crippen LogP) is 2.98. The summed E-state index contributed by atoms with van der Waals surface area (Å²) in [4.78, 5) is 12.0. The molecule has 2 rings (SSSR count). The minimum absolute atomic E-state index is 0.104. The highest BCUT2D eigenvalue weighted by molar-refractivity contribution is 6.30. The molecule has 98 valence electrons. The van der Waals surface area contributed by atoms with E-state index in [9.17, 15) is 4.79 Å². The fraction of sp³-hybridized carbons (Fsp3) is 0.500. The fourth-order valence-corrected chi connectivity index (χ4v) is 2.54. The number of halogens is 1. The Morgan fingerprint density at radius 3 is 2.83 bits per heavy atom. The molecule has 1 saturated heterocycles. The number of amides is 1. The van der Waals surface area contributed by atoms with Crippen LogP contribution in [-0.2, 0) is 4.79 Å². The Kier molecular flexibility index (Phi) is 4.61. The van der Waals surface area contributed by atoms with E-state index < -0.39 is 0 Å². The Hall–Kier alpha value is -1.06. The minimum Gasteiger partial charge on any atom is -0.326 e. The van der Waals surface area contributed by atoms with Gasteiger partial charge in [0, 0.05) is 17.1 Å². The third-order valence-electron chi connectivity index (χ3n) is 3.40. The largest absolute Gasteiger partial charge is 0.326 e. The smallest absolute Gasteiger partial charge is 0.224 e. The number of aryl methyl sites for hydroxylation is 1. The maximum atomic E-state index is 12.0. The Labute approximate surface area is 113 Å². The lowest BCUT2D eigenvalue weighted by Crippen LogP contribution is -2.30. The molecule has 1 heterocycles. The van der Waals surface area contributed by atoms with Crippen LogP contribution in [0.25, 0.3) is 0 Å². The van der Waals surface area contributed by atoms with Crippen LogP contribution in [0.1, 0.15) is 24.8 Å². The third kappa shape index (κ3) is 3.72. The van der Waals surface area contributed by atoms with Crippen LogP contribution in [0, 0.1) is 12.8 Å². The lowest BCUT2D eigenvalue weighted by Gasteiger charge is -2.22. The predicted molar refractivity (Wildman–Crippen MR) is 75.0 cm³/mol. The Morgan fingerprint density at radius 1 is 1.44 bits per heavy atom. The van der Waals surface area contributed by atoms with Gasteiger partial charge in [-0.2, -0.15) is 0 Å². The Balaban J connectivity index is 1.90. The molecule has 1 aromatic rings. The first-order valence-corrected chi connectivity index (χ1v) is 6.79. The van der Waals surface area contributed by atoms with Crippen LogP contribution < -0.4 is 10.6 Å². The van der Waals surface area contributed by atoms with Crippen molar-refractivity contribution >= 4 is 23.2 Å². The summed E-state index contributed by atoms with van der Waals surface area (Å²) in [5, 5.41) is 6.97. The number of carbonyl (C=O) groups excluding carboxylic acids is 1. The summed E-state index contributed by atoms with van der Waals surface area (Å²) in [6.07, 6.45) is 2.80. The van der Waals surface area contributed by atoms with Crippen molar-refractivity contribution in [1.82, 2.24) is 5.32 Å². The van der Waals surface area contributed by atoms with Crippen molar-refractivity contribution in [3.63, 3.8) is 0 Å². The first-order valence-electron chi connectivity index (χ1n) is 6.42. The molecule has 0 saturated carbocycles. The van der Waals surface area contributed by atoms with E-state index in [4.69, 9.17) is 11.6 Å². The first kappa shape index (κ1) is 13.4. The molecule has 2 N–H and O–H groups in total. The van der Waals surface area contributed by atoms with Crippen LogP contribution in [0.5, 0.6) is 0 Å². The summed E-state index contributed by atoms with van der Waals surface area (Å²) >= 11 is 5.89. The molecule has 0 unspecified atom stereocenters. The number of hydrogen-bond acceptors (Lipinski definition) is 2. The van der Waals surface area contributed by atoms with E-state index in [1.54, 1.807) is 6.07 Å². The zero-order valence-electron chi connectivity index (χ0n) is 10.6. The van der Waals surface area contributed by atoms with Crippen molar-refractivity contribution in [2.24, 2.45) is 5.92 Å². The van der Waals surface area contributed by atoms with Gasteiger partial charge in [-0.15, -0.1) is 0 Å². The van der Waals surface area contributed by atoms with Gasteiger partial charge in [-0.05, 0) is 62.5 Å². The van der Waals surface area contributed by atoms with Gasteiger partial charge >= 0.3 is 0 Å². The molecule has 3 nitrogen and oxygen atoms in total. The summed E-state index contributed by atoms with van der Waals surface area (Å²) in [5.41, 5.74) is 1.86. The maximum absolute atomic E-state index is 12.0. The average Bonchev–Trinajstić information content (AvgIpc) is 2.34. The highest BCUT2D eigenvalue weighted by atomic mass is 35.5. The van der Waals surface area contributed by atoms with E-state index in [1.807, 2.05) is 19.1 Å². The molecule has 0 bridgehead atoms. The lowest BCUT2D eigenvalue weighted by atomic mass is 9.94. The van der Waals surface area contributed by atoms with Gasteiger partial charge in [0.05, 0.1) is 0 Å². The average molecular weight is 267 g/mol.